The van der Waals surface area contributed by atoms with Gasteiger partial charge in [-0.25, -0.2) is 0 Å². The maximum atomic E-state index is 4.45. The van der Waals surface area contributed by atoms with E-state index in [4.69, 9.17) is 0 Å². The van der Waals surface area contributed by atoms with Crippen molar-refractivity contribution in [1.82, 2.24) is 25.3 Å². The third-order valence-corrected chi connectivity index (χ3v) is 6.25. The lowest BCUT2D eigenvalue weighted by molar-refractivity contribution is 0.258. The standard InChI is InChI=1S/C23H40N6/c1-20-17-22(19-29(20)18-21-9-5-4-6-10-21)26-23(24-2)25-11-7-13-28-14-8-12-27(3)15-16-28/h4-6,9-10,20,22H,7-8,11-19H2,1-3H3,(H2,24,25,26). The second-order valence-electron chi connectivity index (χ2n) is 8.69. The van der Waals surface area contributed by atoms with Crippen molar-refractivity contribution in [2.24, 2.45) is 4.99 Å². The van der Waals surface area contributed by atoms with Crippen LogP contribution < -0.4 is 10.6 Å². The minimum Gasteiger partial charge on any atom is -0.356 e. The summed E-state index contributed by atoms with van der Waals surface area (Å²) in [7, 11) is 4.10. The largest absolute Gasteiger partial charge is 0.356 e. The summed E-state index contributed by atoms with van der Waals surface area (Å²) >= 11 is 0. The highest BCUT2D eigenvalue weighted by molar-refractivity contribution is 5.80. The molecule has 6 heteroatoms. The monoisotopic (exact) mass is 400 g/mol. The number of aliphatic imine (C=N–C) groups is 1. The van der Waals surface area contributed by atoms with Crippen LogP contribution in [0.3, 0.4) is 0 Å². The Balaban J connectivity index is 1.35. The molecule has 1 aromatic carbocycles. The Labute approximate surface area is 177 Å². The summed E-state index contributed by atoms with van der Waals surface area (Å²) in [6.45, 7) is 11.4. The van der Waals surface area contributed by atoms with Gasteiger partial charge in [-0.05, 0) is 58.4 Å². The molecule has 0 spiro atoms. The molecule has 0 bridgehead atoms. The maximum Gasteiger partial charge on any atom is 0.191 e. The highest BCUT2D eigenvalue weighted by Crippen LogP contribution is 2.20. The quantitative estimate of drug-likeness (QED) is 0.415. The maximum absolute atomic E-state index is 4.45. The van der Waals surface area contributed by atoms with Crippen LogP contribution in [0.2, 0.25) is 0 Å². The Morgan fingerprint density at radius 3 is 2.76 bits per heavy atom. The van der Waals surface area contributed by atoms with Crippen LogP contribution in [0.1, 0.15) is 31.7 Å². The van der Waals surface area contributed by atoms with Gasteiger partial charge in [0.1, 0.15) is 0 Å². The van der Waals surface area contributed by atoms with Crippen molar-refractivity contribution < 1.29 is 0 Å². The van der Waals surface area contributed by atoms with E-state index in [-0.39, 0.29) is 0 Å². The van der Waals surface area contributed by atoms with Gasteiger partial charge in [0.2, 0.25) is 0 Å². The first-order valence-corrected chi connectivity index (χ1v) is 11.3. The first-order chi connectivity index (χ1) is 14.1. The lowest BCUT2D eigenvalue weighted by Gasteiger charge is -2.22. The molecule has 162 valence electrons. The van der Waals surface area contributed by atoms with Gasteiger partial charge in [0.05, 0.1) is 0 Å². The van der Waals surface area contributed by atoms with E-state index in [0.29, 0.717) is 12.1 Å². The molecule has 0 radical (unpaired) electrons. The number of benzene rings is 1. The van der Waals surface area contributed by atoms with Gasteiger partial charge in [0.25, 0.3) is 0 Å². The van der Waals surface area contributed by atoms with E-state index >= 15 is 0 Å². The number of nitrogens with one attached hydrogen (secondary N) is 2. The Morgan fingerprint density at radius 2 is 1.97 bits per heavy atom. The Hall–Kier alpha value is -1.63. The smallest absolute Gasteiger partial charge is 0.191 e. The molecule has 2 atom stereocenters. The Morgan fingerprint density at radius 1 is 1.14 bits per heavy atom. The molecule has 1 aromatic rings. The normalized spacial score (nSPS) is 25.1. The lowest BCUT2D eigenvalue weighted by atomic mass is 10.2. The van der Waals surface area contributed by atoms with Crippen LogP contribution in [0, 0.1) is 0 Å². The number of likely N-dealkylation sites (N-methyl/N-ethyl adjacent to an activating group) is 1. The Bertz CT molecular complexity index is 619. The van der Waals surface area contributed by atoms with Crippen molar-refractivity contribution in [1.29, 1.82) is 0 Å². The highest BCUT2D eigenvalue weighted by Gasteiger charge is 2.29. The molecule has 2 saturated heterocycles. The molecular weight excluding hydrogens is 360 g/mol. The minimum atomic E-state index is 0.459. The molecule has 0 saturated carbocycles. The number of likely N-dealkylation sites (tertiary alicyclic amines) is 1. The van der Waals surface area contributed by atoms with E-state index in [9.17, 15) is 0 Å². The van der Waals surface area contributed by atoms with E-state index < -0.39 is 0 Å². The number of nitrogens with zero attached hydrogens (tertiary/aromatic N) is 4. The summed E-state index contributed by atoms with van der Waals surface area (Å²) in [5, 5.41) is 7.17. The van der Waals surface area contributed by atoms with Gasteiger partial charge in [0.15, 0.2) is 5.96 Å². The van der Waals surface area contributed by atoms with Crippen molar-refractivity contribution >= 4 is 5.96 Å². The van der Waals surface area contributed by atoms with E-state index in [0.717, 1.165) is 38.4 Å². The number of hydrogen-bond acceptors (Lipinski definition) is 4. The number of guanidine groups is 1. The van der Waals surface area contributed by atoms with Gasteiger partial charge < -0.3 is 20.4 Å². The summed E-state index contributed by atoms with van der Waals surface area (Å²) < 4.78 is 0. The van der Waals surface area contributed by atoms with E-state index in [1.165, 1.54) is 44.7 Å². The predicted octanol–water partition coefficient (Wildman–Crippen LogP) is 1.84. The van der Waals surface area contributed by atoms with Crippen LogP contribution in [-0.2, 0) is 6.54 Å². The molecule has 2 aliphatic rings. The van der Waals surface area contributed by atoms with E-state index in [2.05, 4.69) is 74.6 Å². The number of hydrogen-bond donors (Lipinski definition) is 2. The fourth-order valence-electron chi connectivity index (χ4n) is 4.46. The fourth-order valence-corrected chi connectivity index (χ4v) is 4.46. The van der Waals surface area contributed by atoms with Gasteiger partial charge in [0, 0.05) is 51.9 Å². The molecule has 2 unspecified atom stereocenters. The second-order valence-corrected chi connectivity index (χ2v) is 8.69. The third-order valence-electron chi connectivity index (χ3n) is 6.25. The first-order valence-electron chi connectivity index (χ1n) is 11.3. The molecule has 0 amide bonds. The van der Waals surface area contributed by atoms with Crippen LogP contribution in [0.5, 0.6) is 0 Å². The molecule has 2 aliphatic heterocycles. The van der Waals surface area contributed by atoms with E-state index in [1.807, 2.05) is 7.05 Å². The van der Waals surface area contributed by atoms with Crippen LogP contribution in [-0.4, -0.2) is 92.7 Å². The van der Waals surface area contributed by atoms with Gasteiger partial charge in [-0.2, -0.15) is 0 Å². The molecule has 2 heterocycles. The summed E-state index contributed by atoms with van der Waals surface area (Å²) in [5.74, 6) is 0.944. The van der Waals surface area contributed by atoms with Crippen LogP contribution >= 0.6 is 0 Å². The second kappa shape index (κ2) is 11.5. The topological polar surface area (TPSA) is 46.1 Å². The average Bonchev–Trinajstić information content (AvgIpc) is 2.93. The summed E-state index contributed by atoms with van der Waals surface area (Å²) in [6.07, 6.45) is 3.60. The molecule has 29 heavy (non-hydrogen) atoms. The molecule has 2 fully saturated rings. The summed E-state index contributed by atoms with van der Waals surface area (Å²) in [5.41, 5.74) is 1.39. The zero-order chi connectivity index (χ0) is 20.5. The zero-order valence-electron chi connectivity index (χ0n) is 18.6. The SMILES string of the molecule is CN=C(NCCCN1CCCN(C)CC1)NC1CC(C)N(Cc2ccccc2)C1. The predicted molar refractivity (Wildman–Crippen MR) is 122 cm³/mol. The minimum absolute atomic E-state index is 0.459. The van der Waals surface area contributed by atoms with Crippen molar-refractivity contribution in [2.75, 3.05) is 59.9 Å². The van der Waals surface area contributed by atoms with Crippen molar-refractivity contribution in [3.8, 4) is 0 Å². The van der Waals surface area contributed by atoms with Crippen LogP contribution in [0.15, 0.2) is 35.3 Å². The molecule has 6 nitrogen and oxygen atoms in total. The van der Waals surface area contributed by atoms with Gasteiger partial charge >= 0.3 is 0 Å². The van der Waals surface area contributed by atoms with Gasteiger partial charge in [-0.3, -0.25) is 9.89 Å². The number of rotatable bonds is 7. The molecule has 0 aliphatic carbocycles. The van der Waals surface area contributed by atoms with Crippen molar-refractivity contribution in [2.45, 2.75) is 44.8 Å². The van der Waals surface area contributed by atoms with Gasteiger partial charge in [-0.1, -0.05) is 30.3 Å². The summed E-state index contributed by atoms with van der Waals surface area (Å²) in [6, 6.07) is 11.8. The Kier molecular flexibility index (Phi) is 8.77. The van der Waals surface area contributed by atoms with Crippen LogP contribution in [0.4, 0.5) is 0 Å². The fraction of sp³-hybridized carbons (Fsp3) is 0.696. The van der Waals surface area contributed by atoms with Crippen LogP contribution in [0.25, 0.3) is 0 Å². The first kappa shape index (κ1) is 22.1. The summed E-state index contributed by atoms with van der Waals surface area (Å²) in [4.78, 5) is 12.1. The van der Waals surface area contributed by atoms with Crippen molar-refractivity contribution in [3.05, 3.63) is 35.9 Å². The lowest BCUT2D eigenvalue weighted by Crippen LogP contribution is -2.45. The van der Waals surface area contributed by atoms with E-state index in [1.54, 1.807) is 0 Å². The molecule has 3 rings (SSSR count). The average molecular weight is 401 g/mol. The highest BCUT2D eigenvalue weighted by atomic mass is 15.3. The van der Waals surface area contributed by atoms with Crippen molar-refractivity contribution in [3.63, 3.8) is 0 Å². The molecule has 0 aromatic heterocycles. The van der Waals surface area contributed by atoms with Gasteiger partial charge in [-0.15, -0.1) is 0 Å². The zero-order valence-corrected chi connectivity index (χ0v) is 18.6. The third kappa shape index (κ3) is 7.28. The molecular formula is C23H40N6. The molecule has 2 N–H and O–H groups in total.